The number of nitrogens with one attached hydrogen (secondary N) is 1. The summed E-state index contributed by atoms with van der Waals surface area (Å²) in [4.78, 5) is 3.24. The van der Waals surface area contributed by atoms with E-state index < -0.39 is 0 Å². The third kappa shape index (κ3) is 2.76. The van der Waals surface area contributed by atoms with Crippen LogP contribution in [0.4, 0.5) is 0 Å². The molecule has 0 radical (unpaired) electrons. The zero-order valence-electron chi connectivity index (χ0n) is 10.3. The molecule has 0 fully saturated rings. The largest absolute Gasteiger partial charge is 0.385 e. The summed E-state index contributed by atoms with van der Waals surface area (Å²) in [6.45, 7) is 3.87. The highest BCUT2D eigenvalue weighted by atomic mass is 32.1. The molecule has 0 amide bonds. The van der Waals surface area contributed by atoms with E-state index in [1.165, 1.54) is 11.1 Å². The van der Waals surface area contributed by atoms with Crippen molar-refractivity contribution in [3.8, 4) is 0 Å². The molecule has 1 aromatic carbocycles. The average Bonchev–Trinajstić information content (AvgIpc) is 2.61. The number of hydrogen-bond acceptors (Lipinski definition) is 2. The molecule has 0 aliphatic carbocycles. The van der Waals surface area contributed by atoms with E-state index in [1.54, 1.807) is 7.11 Å². The summed E-state index contributed by atoms with van der Waals surface area (Å²) in [5, 5.41) is 0. The summed E-state index contributed by atoms with van der Waals surface area (Å²) in [6, 6.07) is 6.37. The molecule has 4 heteroatoms. The molecule has 0 spiro atoms. The lowest BCUT2D eigenvalue weighted by Crippen LogP contribution is -2.00. The van der Waals surface area contributed by atoms with Crippen molar-refractivity contribution < 1.29 is 4.74 Å². The number of ether oxygens (including phenoxy) is 1. The van der Waals surface area contributed by atoms with Gasteiger partial charge in [-0.25, -0.2) is 0 Å². The second-order valence-electron chi connectivity index (χ2n) is 4.30. The van der Waals surface area contributed by atoms with Crippen LogP contribution in [0.3, 0.4) is 0 Å². The highest BCUT2D eigenvalue weighted by Gasteiger charge is 2.03. The number of aryl methyl sites for hydroxylation is 2. The molecule has 2 rings (SSSR count). The van der Waals surface area contributed by atoms with E-state index in [4.69, 9.17) is 17.0 Å². The zero-order valence-corrected chi connectivity index (χ0v) is 11.1. The third-order valence-electron chi connectivity index (χ3n) is 2.91. The Morgan fingerprint density at radius 2 is 2.18 bits per heavy atom. The van der Waals surface area contributed by atoms with Crippen LogP contribution in [-0.4, -0.2) is 23.3 Å². The lowest BCUT2D eigenvalue weighted by atomic mass is 10.2. The first kappa shape index (κ1) is 12.3. The van der Waals surface area contributed by atoms with Gasteiger partial charge in [0.2, 0.25) is 0 Å². The van der Waals surface area contributed by atoms with Crippen LogP contribution >= 0.6 is 12.2 Å². The molecule has 1 N–H and O–H groups in total. The van der Waals surface area contributed by atoms with E-state index in [1.807, 2.05) is 0 Å². The summed E-state index contributed by atoms with van der Waals surface area (Å²) in [5.41, 5.74) is 3.58. The molecular weight excluding hydrogens is 232 g/mol. The van der Waals surface area contributed by atoms with Gasteiger partial charge in [-0.3, -0.25) is 0 Å². The average molecular weight is 250 g/mol. The normalized spacial score (nSPS) is 11.2. The predicted octanol–water partition coefficient (Wildman–Crippen LogP) is 3.43. The van der Waals surface area contributed by atoms with Crippen LogP contribution in [0.1, 0.15) is 18.4 Å². The number of methoxy groups -OCH3 is 1. The summed E-state index contributed by atoms with van der Waals surface area (Å²) in [5.74, 6) is 0. The van der Waals surface area contributed by atoms with Crippen molar-refractivity contribution >= 4 is 23.3 Å². The number of imidazole rings is 1. The van der Waals surface area contributed by atoms with Gasteiger partial charge >= 0.3 is 0 Å². The Morgan fingerprint density at radius 1 is 1.35 bits per heavy atom. The standard InChI is InChI=1S/C13H18N2OS/c1-10-5-6-11-12(9-10)15(13(17)14-11)7-3-4-8-16-2/h5-6,9H,3-4,7-8H2,1-2H3,(H,14,17). The maximum atomic E-state index is 5.35. The smallest absolute Gasteiger partial charge is 0.178 e. The molecule has 92 valence electrons. The van der Waals surface area contributed by atoms with Gasteiger partial charge < -0.3 is 14.3 Å². The third-order valence-corrected chi connectivity index (χ3v) is 3.23. The number of benzene rings is 1. The lowest BCUT2D eigenvalue weighted by molar-refractivity contribution is 0.191. The predicted molar refractivity (Wildman–Crippen MR) is 73.0 cm³/mol. The van der Waals surface area contributed by atoms with E-state index in [-0.39, 0.29) is 0 Å². The van der Waals surface area contributed by atoms with Gasteiger partial charge in [0.1, 0.15) is 0 Å². The van der Waals surface area contributed by atoms with Crippen molar-refractivity contribution in [2.24, 2.45) is 0 Å². The molecule has 1 aromatic heterocycles. The zero-order chi connectivity index (χ0) is 12.3. The van der Waals surface area contributed by atoms with Crippen LogP contribution in [0.25, 0.3) is 11.0 Å². The van der Waals surface area contributed by atoms with Gasteiger partial charge in [0, 0.05) is 20.3 Å². The fraction of sp³-hybridized carbons (Fsp3) is 0.462. The second kappa shape index (κ2) is 5.47. The van der Waals surface area contributed by atoms with Crippen molar-refractivity contribution in [1.82, 2.24) is 9.55 Å². The summed E-state index contributed by atoms with van der Waals surface area (Å²) in [6.07, 6.45) is 2.15. The maximum absolute atomic E-state index is 5.35. The fourth-order valence-corrected chi connectivity index (χ4v) is 2.30. The fourth-order valence-electron chi connectivity index (χ4n) is 2.00. The molecule has 0 aliphatic rings. The minimum Gasteiger partial charge on any atom is -0.385 e. The Bertz CT molecular complexity index is 556. The Balaban J connectivity index is 2.23. The van der Waals surface area contributed by atoms with Gasteiger partial charge in [0.05, 0.1) is 11.0 Å². The van der Waals surface area contributed by atoms with Crippen LogP contribution in [0, 0.1) is 11.7 Å². The van der Waals surface area contributed by atoms with E-state index in [0.717, 1.165) is 36.3 Å². The van der Waals surface area contributed by atoms with Gasteiger partial charge in [-0.2, -0.15) is 0 Å². The van der Waals surface area contributed by atoms with Gasteiger partial charge in [-0.05, 0) is 49.7 Å². The van der Waals surface area contributed by atoms with Crippen molar-refractivity contribution in [1.29, 1.82) is 0 Å². The Morgan fingerprint density at radius 3 is 2.94 bits per heavy atom. The lowest BCUT2D eigenvalue weighted by Gasteiger charge is -2.04. The van der Waals surface area contributed by atoms with Crippen molar-refractivity contribution in [3.05, 3.63) is 28.5 Å². The molecule has 17 heavy (non-hydrogen) atoms. The van der Waals surface area contributed by atoms with E-state index in [2.05, 4.69) is 34.7 Å². The molecule has 3 nitrogen and oxygen atoms in total. The first-order chi connectivity index (χ1) is 8.22. The van der Waals surface area contributed by atoms with Crippen LogP contribution in [0.2, 0.25) is 0 Å². The van der Waals surface area contributed by atoms with Gasteiger partial charge in [-0.15, -0.1) is 0 Å². The topological polar surface area (TPSA) is 29.9 Å². The second-order valence-corrected chi connectivity index (χ2v) is 4.69. The molecule has 0 saturated carbocycles. The highest BCUT2D eigenvalue weighted by molar-refractivity contribution is 7.71. The summed E-state index contributed by atoms with van der Waals surface area (Å²) in [7, 11) is 1.74. The first-order valence-electron chi connectivity index (χ1n) is 5.90. The van der Waals surface area contributed by atoms with Crippen molar-refractivity contribution in [3.63, 3.8) is 0 Å². The molecular formula is C13H18N2OS. The Hall–Kier alpha value is -1.13. The van der Waals surface area contributed by atoms with Crippen LogP contribution in [0.5, 0.6) is 0 Å². The molecule has 2 aromatic rings. The van der Waals surface area contributed by atoms with E-state index in [0.29, 0.717) is 0 Å². The Labute approximate surface area is 106 Å². The molecule has 1 heterocycles. The maximum Gasteiger partial charge on any atom is 0.178 e. The molecule has 0 atom stereocenters. The quantitative estimate of drug-likeness (QED) is 0.651. The van der Waals surface area contributed by atoms with E-state index >= 15 is 0 Å². The van der Waals surface area contributed by atoms with Crippen LogP contribution in [0.15, 0.2) is 18.2 Å². The van der Waals surface area contributed by atoms with E-state index in [9.17, 15) is 0 Å². The van der Waals surface area contributed by atoms with Gasteiger partial charge in [0.25, 0.3) is 0 Å². The first-order valence-corrected chi connectivity index (χ1v) is 6.31. The van der Waals surface area contributed by atoms with Gasteiger partial charge in [0.15, 0.2) is 4.77 Å². The van der Waals surface area contributed by atoms with Crippen molar-refractivity contribution in [2.45, 2.75) is 26.3 Å². The number of fused-ring (bicyclic) bond motifs is 1. The minimum atomic E-state index is 0.808. The van der Waals surface area contributed by atoms with Crippen molar-refractivity contribution in [2.75, 3.05) is 13.7 Å². The molecule has 0 bridgehead atoms. The number of unbranched alkanes of at least 4 members (excludes halogenated alkanes) is 1. The van der Waals surface area contributed by atoms with Crippen LogP contribution in [-0.2, 0) is 11.3 Å². The number of hydrogen-bond donors (Lipinski definition) is 1. The Kier molecular flexibility index (Phi) is 3.97. The number of aromatic amines is 1. The number of rotatable bonds is 5. The highest BCUT2D eigenvalue weighted by Crippen LogP contribution is 2.16. The monoisotopic (exact) mass is 250 g/mol. The minimum absolute atomic E-state index is 0.808. The van der Waals surface area contributed by atoms with Gasteiger partial charge in [-0.1, -0.05) is 6.07 Å². The number of aromatic nitrogens is 2. The SMILES string of the molecule is COCCCCn1c(=S)[nH]c2ccc(C)cc21. The number of H-pyrrole nitrogens is 1. The molecule has 0 unspecified atom stereocenters. The number of nitrogens with zero attached hydrogens (tertiary/aromatic N) is 1. The molecule has 0 saturated heterocycles. The van der Waals surface area contributed by atoms with Crippen LogP contribution < -0.4 is 0 Å². The summed E-state index contributed by atoms with van der Waals surface area (Å²) < 4.78 is 8.04. The summed E-state index contributed by atoms with van der Waals surface area (Å²) >= 11 is 5.35. The molecule has 0 aliphatic heterocycles.